The third-order valence-corrected chi connectivity index (χ3v) is 4.72. The van der Waals surface area contributed by atoms with Crippen LogP contribution in [0.1, 0.15) is 44.6 Å². The van der Waals surface area contributed by atoms with Gasteiger partial charge >= 0.3 is 0 Å². The molecule has 1 aromatic carbocycles. The van der Waals surface area contributed by atoms with Gasteiger partial charge in [-0.1, -0.05) is 31.4 Å². The van der Waals surface area contributed by atoms with Crippen LogP contribution in [0.2, 0.25) is 0 Å². The van der Waals surface area contributed by atoms with Crippen LogP contribution in [0.3, 0.4) is 0 Å². The van der Waals surface area contributed by atoms with Crippen LogP contribution in [0.4, 0.5) is 5.69 Å². The minimum absolute atomic E-state index is 0. The number of carbonyl (C=O) groups excluding carboxylic acids is 2. The standard InChI is InChI=1S/C19H29N5O3.ClH/c1-12(18(26)24-14-7-3-2-4-8-14)22-19(27)16(11-25)23-15-9-5-6-13(10-15)17(20)21;/h5-6,9-10,12,14,16,23,25H,2-4,7-8,11H2,1H3,(H3,20,21)(H,22,27)(H,24,26);1H. The maximum absolute atomic E-state index is 12.4. The Hall–Kier alpha value is -2.32. The molecule has 0 bridgehead atoms. The molecule has 0 aromatic heterocycles. The fraction of sp³-hybridized carbons (Fsp3) is 0.526. The quantitative estimate of drug-likeness (QED) is 0.281. The van der Waals surface area contributed by atoms with Crippen LogP contribution in [0.15, 0.2) is 24.3 Å². The van der Waals surface area contributed by atoms with Gasteiger partial charge < -0.3 is 26.8 Å². The number of amidine groups is 1. The first-order chi connectivity index (χ1) is 12.9. The SMILES string of the molecule is CC(NC(=O)C(CO)Nc1cccc(C(=N)N)c1)C(=O)NC1CCCCC1.Cl. The van der Waals surface area contributed by atoms with Crippen molar-refractivity contribution in [2.75, 3.05) is 11.9 Å². The Morgan fingerprint density at radius 3 is 2.54 bits per heavy atom. The number of amides is 2. The second-order valence-corrected chi connectivity index (χ2v) is 6.95. The van der Waals surface area contributed by atoms with Crippen LogP contribution in [0.5, 0.6) is 0 Å². The lowest BCUT2D eigenvalue weighted by Crippen LogP contribution is -2.52. The molecule has 2 amide bonds. The van der Waals surface area contributed by atoms with Crippen LogP contribution in [0, 0.1) is 5.41 Å². The molecule has 2 atom stereocenters. The molecule has 1 fully saturated rings. The molecule has 1 aliphatic carbocycles. The average molecular weight is 412 g/mol. The Morgan fingerprint density at radius 2 is 1.93 bits per heavy atom. The monoisotopic (exact) mass is 411 g/mol. The highest BCUT2D eigenvalue weighted by molar-refractivity contribution is 5.96. The van der Waals surface area contributed by atoms with E-state index in [1.807, 2.05) is 0 Å². The lowest BCUT2D eigenvalue weighted by atomic mass is 9.95. The van der Waals surface area contributed by atoms with Crippen LogP contribution in [0.25, 0.3) is 0 Å². The number of halogens is 1. The van der Waals surface area contributed by atoms with Crippen molar-refractivity contribution in [1.29, 1.82) is 5.41 Å². The minimum Gasteiger partial charge on any atom is -0.394 e. The number of nitrogens with two attached hydrogens (primary N) is 1. The number of rotatable bonds is 8. The molecule has 0 heterocycles. The molecular formula is C19H30ClN5O3. The number of aliphatic hydroxyl groups excluding tert-OH is 1. The number of benzene rings is 1. The summed E-state index contributed by atoms with van der Waals surface area (Å²) in [5.41, 5.74) is 6.53. The number of nitrogens with one attached hydrogen (secondary N) is 4. The van der Waals surface area contributed by atoms with Gasteiger partial charge in [0.1, 0.15) is 17.9 Å². The topological polar surface area (TPSA) is 140 Å². The molecule has 0 spiro atoms. The van der Waals surface area contributed by atoms with E-state index in [-0.39, 0.29) is 30.2 Å². The minimum atomic E-state index is -0.919. The second kappa shape index (κ2) is 11.5. The highest BCUT2D eigenvalue weighted by Crippen LogP contribution is 2.17. The van der Waals surface area contributed by atoms with Gasteiger partial charge in [0, 0.05) is 17.3 Å². The summed E-state index contributed by atoms with van der Waals surface area (Å²) in [5.74, 6) is -0.779. The molecule has 9 heteroatoms. The van der Waals surface area contributed by atoms with Crippen molar-refractivity contribution >= 4 is 35.7 Å². The molecule has 7 N–H and O–H groups in total. The zero-order valence-corrected chi connectivity index (χ0v) is 16.8. The van der Waals surface area contributed by atoms with Gasteiger partial charge in [0.15, 0.2) is 0 Å². The molecular weight excluding hydrogens is 382 g/mol. The van der Waals surface area contributed by atoms with Crippen molar-refractivity contribution < 1.29 is 14.7 Å². The lowest BCUT2D eigenvalue weighted by molar-refractivity contribution is -0.129. The van der Waals surface area contributed by atoms with Crippen molar-refractivity contribution in [2.45, 2.75) is 57.2 Å². The number of hydrogen-bond donors (Lipinski definition) is 6. The molecule has 0 aliphatic heterocycles. The van der Waals surface area contributed by atoms with Crippen molar-refractivity contribution in [3.8, 4) is 0 Å². The molecule has 1 saturated carbocycles. The number of aliphatic hydroxyl groups is 1. The van der Waals surface area contributed by atoms with Crippen LogP contribution >= 0.6 is 12.4 Å². The van der Waals surface area contributed by atoms with Crippen LogP contribution in [-0.4, -0.2) is 47.5 Å². The van der Waals surface area contributed by atoms with Gasteiger partial charge in [0.25, 0.3) is 0 Å². The number of hydrogen-bond acceptors (Lipinski definition) is 5. The van der Waals surface area contributed by atoms with Crippen LogP contribution < -0.4 is 21.7 Å². The molecule has 2 rings (SSSR count). The van der Waals surface area contributed by atoms with Crippen molar-refractivity contribution in [3.05, 3.63) is 29.8 Å². The molecule has 1 aliphatic rings. The third kappa shape index (κ3) is 7.01. The molecule has 156 valence electrons. The molecule has 2 unspecified atom stereocenters. The smallest absolute Gasteiger partial charge is 0.245 e. The van der Waals surface area contributed by atoms with E-state index in [0.717, 1.165) is 25.7 Å². The van der Waals surface area contributed by atoms with E-state index in [1.54, 1.807) is 31.2 Å². The zero-order valence-electron chi connectivity index (χ0n) is 16.0. The van der Waals surface area contributed by atoms with Gasteiger partial charge in [-0.05, 0) is 31.9 Å². The predicted octanol–water partition coefficient (Wildman–Crippen LogP) is 1.12. The molecule has 0 saturated heterocycles. The van der Waals surface area contributed by atoms with Gasteiger partial charge in [-0.3, -0.25) is 15.0 Å². The van der Waals surface area contributed by atoms with Gasteiger partial charge in [0.05, 0.1) is 6.61 Å². The summed E-state index contributed by atoms with van der Waals surface area (Å²) in [6.45, 7) is 1.19. The Balaban J connectivity index is 0.00000392. The molecule has 28 heavy (non-hydrogen) atoms. The van der Waals surface area contributed by atoms with E-state index in [4.69, 9.17) is 11.1 Å². The summed E-state index contributed by atoms with van der Waals surface area (Å²) in [7, 11) is 0. The van der Waals surface area contributed by atoms with E-state index in [1.165, 1.54) is 6.42 Å². The summed E-state index contributed by atoms with van der Waals surface area (Å²) in [4.78, 5) is 24.7. The number of nitrogen functional groups attached to an aromatic ring is 1. The molecule has 8 nitrogen and oxygen atoms in total. The van der Waals surface area contributed by atoms with E-state index in [0.29, 0.717) is 11.3 Å². The van der Waals surface area contributed by atoms with Crippen molar-refractivity contribution in [2.24, 2.45) is 5.73 Å². The Labute approximate surface area is 171 Å². The highest BCUT2D eigenvalue weighted by atomic mass is 35.5. The van der Waals surface area contributed by atoms with Gasteiger partial charge in [0.2, 0.25) is 11.8 Å². The molecule has 1 aromatic rings. The summed E-state index contributed by atoms with van der Waals surface area (Å²) < 4.78 is 0. The first kappa shape index (κ1) is 23.7. The van der Waals surface area contributed by atoms with Crippen molar-refractivity contribution in [1.82, 2.24) is 10.6 Å². The average Bonchev–Trinajstić information content (AvgIpc) is 2.66. The van der Waals surface area contributed by atoms with E-state index < -0.39 is 24.6 Å². The first-order valence-corrected chi connectivity index (χ1v) is 9.33. The fourth-order valence-electron chi connectivity index (χ4n) is 3.12. The Morgan fingerprint density at radius 1 is 1.25 bits per heavy atom. The Kier molecular flexibility index (Phi) is 9.75. The second-order valence-electron chi connectivity index (χ2n) is 6.95. The zero-order chi connectivity index (χ0) is 19.8. The van der Waals surface area contributed by atoms with Gasteiger partial charge in [-0.2, -0.15) is 0 Å². The van der Waals surface area contributed by atoms with E-state index >= 15 is 0 Å². The Bertz CT molecular complexity index is 679. The first-order valence-electron chi connectivity index (χ1n) is 9.33. The molecule has 0 radical (unpaired) electrons. The summed E-state index contributed by atoms with van der Waals surface area (Å²) in [6, 6.07) is 5.27. The third-order valence-electron chi connectivity index (χ3n) is 4.72. The number of carbonyl (C=O) groups is 2. The largest absolute Gasteiger partial charge is 0.394 e. The maximum atomic E-state index is 12.4. The highest BCUT2D eigenvalue weighted by Gasteiger charge is 2.24. The lowest BCUT2D eigenvalue weighted by Gasteiger charge is -2.25. The maximum Gasteiger partial charge on any atom is 0.245 e. The van der Waals surface area contributed by atoms with E-state index in [2.05, 4.69) is 16.0 Å². The van der Waals surface area contributed by atoms with Crippen molar-refractivity contribution in [3.63, 3.8) is 0 Å². The normalized spacial score (nSPS) is 16.2. The van der Waals surface area contributed by atoms with Crippen LogP contribution in [-0.2, 0) is 9.59 Å². The number of anilines is 1. The van der Waals surface area contributed by atoms with Gasteiger partial charge in [-0.15, -0.1) is 12.4 Å². The van der Waals surface area contributed by atoms with Gasteiger partial charge in [-0.25, -0.2) is 0 Å². The summed E-state index contributed by atoms with van der Waals surface area (Å²) in [6.07, 6.45) is 5.37. The van der Waals surface area contributed by atoms with E-state index in [9.17, 15) is 14.7 Å². The fourth-order valence-corrected chi connectivity index (χ4v) is 3.12. The summed E-state index contributed by atoms with van der Waals surface area (Å²) >= 11 is 0. The predicted molar refractivity (Wildman–Crippen MR) is 112 cm³/mol. The summed E-state index contributed by atoms with van der Waals surface area (Å²) in [5, 5.41) is 25.5.